The summed E-state index contributed by atoms with van der Waals surface area (Å²) in [6, 6.07) is 0. The van der Waals surface area contributed by atoms with Crippen LogP contribution in [0.25, 0.3) is 0 Å². The van der Waals surface area contributed by atoms with E-state index in [2.05, 4.69) is 9.97 Å². The lowest BCUT2D eigenvalue weighted by Gasteiger charge is -2.10. The van der Waals surface area contributed by atoms with Gasteiger partial charge in [0.1, 0.15) is 0 Å². The Labute approximate surface area is 82.5 Å². The Hall–Kier alpha value is -1.36. The zero-order valence-corrected chi connectivity index (χ0v) is 8.50. The van der Waals surface area contributed by atoms with Gasteiger partial charge in [0.15, 0.2) is 0 Å². The van der Waals surface area contributed by atoms with Gasteiger partial charge in [-0.25, -0.2) is 4.98 Å². The van der Waals surface area contributed by atoms with E-state index in [1.165, 1.54) is 0 Å². The van der Waals surface area contributed by atoms with Crippen LogP contribution in [0.1, 0.15) is 31.0 Å². The van der Waals surface area contributed by atoms with Crippen LogP contribution in [0.4, 0.5) is 5.95 Å². The number of hydrogen-bond acceptors (Lipinski definition) is 4. The summed E-state index contributed by atoms with van der Waals surface area (Å²) in [5.74, 6) is 0.348. The third-order valence-corrected chi connectivity index (χ3v) is 2.01. The van der Waals surface area contributed by atoms with Gasteiger partial charge in [-0.15, -0.1) is 0 Å². The monoisotopic (exact) mass is 196 g/mol. The standard InChI is InChI=1S/C9H16N4O/c1-5(2)7-6(3-4-10)8(14)13-9(11)12-7/h5H,3-4,10H2,1-2H3,(H3,11,12,13,14). The van der Waals surface area contributed by atoms with Crippen molar-refractivity contribution in [1.29, 1.82) is 0 Å². The molecule has 5 heteroatoms. The van der Waals surface area contributed by atoms with E-state index in [0.29, 0.717) is 18.5 Å². The first kappa shape index (κ1) is 10.7. The van der Waals surface area contributed by atoms with Gasteiger partial charge in [0.25, 0.3) is 5.56 Å². The number of nitrogens with zero attached hydrogens (tertiary/aromatic N) is 1. The SMILES string of the molecule is CC(C)c1nc(N)[nH]c(=O)c1CCN. The molecular formula is C9H16N4O. The van der Waals surface area contributed by atoms with Crippen LogP contribution in [0.15, 0.2) is 4.79 Å². The molecule has 0 amide bonds. The molecule has 0 aromatic carbocycles. The molecule has 0 fully saturated rings. The highest BCUT2D eigenvalue weighted by atomic mass is 16.1. The van der Waals surface area contributed by atoms with Crippen LogP contribution in [-0.4, -0.2) is 16.5 Å². The molecule has 0 atom stereocenters. The summed E-state index contributed by atoms with van der Waals surface area (Å²) in [7, 11) is 0. The molecule has 1 heterocycles. The summed E-state index contributed by atoms with van der Waals surface area (Å²) in [5.41, 5.74) is 12.1. The highest BCUT2D eigenvalue weighted by Gasteiger charge is 2.12. The van der Waals surface area contributed by atoms with Crippen LogP contribution < -0.4 is 17.0 Å². The number of hydrogen-bond donors (Lipinski definition) is 3. The van der Waals surface area contributed by atoms with E-state index in [1.54, 1.807) is 0 Å². The van der Waals surface area contributed by atoms with Gasteiger partial charge in [-0.1, -0.05) is 13.8 Å². The first-order chi connectivity index (χ1) is 6.56. The number of aromatic nitrogens is 2. The number of rotatable bonds is 3. The molecule has 5 N–H and O–H groups in total. The van der Waals surface area contributed by atoms with Gasteiger partial charge in [0, 0.05) is 5.56 Å². The molecule has 5 nitrogen and oxygen atoms in total. The van der Waals surface area contributed by atoms with Gasteiger partial charge in [-0.3, -0.25) is 9.78 Å². The average Bonchev–Trinajstić information content (AvgIpc) is 2.09. The van der Waals surface area contributed by atoms with Crippen LogP contribution >= 0.6 is 0 Å². The molecule has 0 saturated carbocycles. The predicted molar refractivity (Wildman–Crippen MR) is 56.1 cm³/mol. The molecule has 0 spiro atoms. The highest BCUT2D eigenvalue weighted by molar-refractivity contribution is 5.27. The second kappa shape index (κ2) is 4.23. The van der Waals surface area contributed by atoms with Gasteiger partial charge in [-0.05, 0) is 18.9 Å². The molecule has 0 radical (unpaired) electrons. The lowest BCUT2D eigenvalue weighted by atomic mass is 10.0. The first-order valence-corrected chi connectivity index (χ1v) is 4.65. The largest absolute Gasteiger partial charge is 0.369 e. The van der Waals surface area contributed by atoms with E-state index < -0.39 is 0 Å². The molecule has 0 saturated heterocycles. The third kappa shape index (κ3) is 2.11. The molecule has 0 bridgehead atoms. The summed E-state index contributed by atoms with van der Waals surface area (Å²) in [5, 5.41) is 0. The van der Waals surface area contributed by atoms with Gasteiger partial charge >= 0.3 is 0 Å². The number of nitrogens with one attached hydrogen (secondary N) is 1. The zero-order valence-electron chi connectivity index (χ0n) is 8.50. The Morgan fingerprint density at radius 1 is 1.50 bits per heavy atom. The maximum absolute atomic E-state index is 11.5. The molecule has 78 valence electrons. The van der Waals surface area contributed by atoms with E-state index >= 15 is 0 Å². The van der Waals surface area contributed by atoms with E-state index in [0.717, 1.165) is 5.69 Å². The fraction of sp³-hybridized carbons (Fsp3) is 0.556. The van der Waals surface area contributed by atoms with Crippen LogP contribution in [0, 0.1) is 0 Å². The van der Waals surface area contributed by atoms with Gasteiger partial charge in [0.05, 0.1) is 5.69 Å². The minimum absolute atomic E-state index is 0.166. The number of nitrogens with two attached hydrogens (primary N) is 2. The Morgan fingerprint density at radius 3 is 2.64 bits per heavy atom. The highest BCUT2D eigenvalue weighted by Crippen LogP contribution is 2.14. The van der Waals surface area contributed by atoms with Crippen LogP contribution in [0.3, 0.4) is 0 Å². The van der Waals surface area contributed by atoms with Crippen molar-refractivity contribution in [1.82, 2.24) is 9.97 Å². The fourth-order valence-corrected chi connectivity index (χ4v) is 1.40. The topological polar surface area (TPSA) is 97.8 Å². The minimum atomic E-state index is -0.174. The van der Waals surface area contributed by atoms with E-state index in [1.807, 2.05) is 13.8 Å². The van der Waals surface area contributed by atoms with E-state index in [4.69, 9.17) is 11.5 Å². The first-order valence-electron chi connectivity index (χ1n) is 4.65. The van der Waals surface area contributed by atoms with Gasteiger partial charge in [0.2, 0.25) is 5.95 Å². The molecule has 0 unspecified atom stereocenters. The molecule has 14 heavy (non-hydrogen) atoms. The van der Waals surface area contributed by atoms with E-state index in [-0.39, 0.29) is 17.4 Å². The second-order valence-corrected chi connectivity index (χ2v) is 3.51. The van der Waals surface area contributed by atoms with Crippen molar-refractivity contribution in [3.8, 4) is 0 Å². The lowest BCUT2D eigenvalue weighted by molar-refractivity contribution is 0.774. The van der Waals surface area contributed by atoms with Crippen molar-refractivity contribution in [2.24, 2.45) is 5.73 Å². The smallest absolute Gasteiger partial charge is 0.255 e. The average molecular weight is 196 g/mol. The molecule has 1 rings (SSSR count). The predicted octanol–water partition coefficient (Wildman–Crippen LogP) is -0.0233. The minimum Gasteiger partial charge on any atom is -0.369 e. The van der Waals surface area contributed by atoms with Crippen molar-refractivity contribution in [3.63, 3.8) is 0 Å². The van der Waals surface area contributed by atoms with Crippen molar-refractivity contribution in [2.45, 2.75) is 26.2 Å². The Kier molecular flexibility index (Phi) is 3.24. The quantitative estimate of drug-likeness (QED) is 0.632. The van der Waals surface area contributed by atoms with Crippen LogP contribution in [0.2, 0.25) is 0 Å². The number of anilines is 1. The molecule has 1 aromatic rings. The Balaban J connectivity index is 3.29. The zero-order chi connectivity index (χ0) is 10.7. The van der Waals surface area contributed by atoms with Crippen molar-refractivity contribution < 1.29 is 0 Å². The number of aromatic amines is 1. The summed E-state index contributed by atoms with van der Waals surface area (Å²) < 4.78 is 0. The second-order valence-electron chi connectivity index (χ2n) is 3.51. The third-order valence-electron chi connectivity index (χ3n) is 2.01. The molecule has 1 aromatic heterocycles. The Morgan fingerprint density at radius 2 is 2.14 bits per heavy atom. The number of H-pyrrole nitrogens is 1. The van der Waals surface area contributed by atoms with Gasteiger partial charge in [-0.2, -0.15) is 0 Å². The van der Waals surface area contributed by atoms with Crippen molar-refractivity contribution in [3.05, 3.63) is 21.6 Å². The molecule has 0 aliphatic carbocycles. The molecule has 0 aliphatic rings. The summed E-state index contributed by atoms with van der Waals surface area (Å²) >= 11 is 0. The maximum Gasteiger partial charge on any atom is 0.255 e. The summed E-state index contributed by atoms with van der Waals surface area (Å²) in [6.07, 6.45) is 0.538. The normalized spacial score (nSPS) is 10.9. The Bertz CT molecular complexity index is 370. The van der Waals surface area contributed by atoms with Crippen molar-refractivity contribution in [2.75, 3.05) is 12.3 Å². The fourth-order valence-electron chi connectivity index (χ4n) is 1.40. The van der Waals surface area contributed by atoms with E-state index in [9.17, 15) is 4.79 Å². The lowest BCUT2D eigenvalue weighted by Crippen LogP contribution is -2.22. The summed E-state index contributed by atoms with van der Waals surface area (Å²) in [6.45, 7) is 4.39. The summed E-state index contributed by atoms with van der Waals surface area (Å²) in [4.78, 5) is 18.1. The van der Waals surface area contributed by atoms with Crippen molar-refractivity contribution >= 4 is 5.95 Å². The van der Waals surface area contributed by atoms with Crippen LogP contribution in [-0.2, 0) is 6.42 Å². The molecular weight excluding hydrogens is 180 g/mol. The van der Waals surface area contributed by atoms with Crippen LogP contribution in [0.5, 0.6) is 0 Å². The number of nitrogen functional groups attached to an aromatic ring is 1. The molecule has 0 aliphatic heterocycles. The maximum atomic E-state index is 11.5. The van der Waals surface area contributed by atoms with Gasteiger partial charge < -0.3 is 11.5 Å².